The second-order valence-electron chi connectivity index (χ2n) is 7.47. The van der Waals surface area contributed by atoms with E-state index < -0.39 is 26.0 Å². The van der Waals surface area contributed by atoms with Gasteiger partial charge in [-0.2, -0.15) is 0 Å². The third-order valence-corrected chi connectivity index (χ3v) is 7.25. The smallest absolute Gasteiger partial charge is 0.261 e. The van der Waals surface area contributed by atoms with E-state index in [-0.39, 0.29) is 32.8 Å². The number of hydrogen-bond donors (Lipinski definition) is 3. The van der Waals surface area contributed by atoms with E-state index in [1.54, 1.807) is 26.0 Å². The molecule has 1 amide bonds. The Morgan fingerprint density at radius 3 is 2.09 bits per heavy atom. The van der Waals surface area contributed by atoms with Gasteiger partial charge in [0.15, 0.2) is 0 Å². The van der Waals surface area contributed by atoms with Crippen molar-refractivity contribution in [3.63, 3.8) is 0 Å². The fourth-order valence-corrected chi connectivity index (χ4v) is 5.05. The first-order valence-corrected chi connectivity index (χ1v) is 13.0. The molecule has 0 atom stereocenters. The van der Waals surface area contributed by atoms with Gasteiger partial charge in [-0.15, -0.1) is 0 Å². The highest BCUT2D eigenvalue weighted by molar-refractivity contribution is 7.93. The lowest BCUT2D eigenvalue weighted by Crippen LogP contribution is -2.30. The average molecular weight is 505 g/mol. The molecule has 0 fully saturated rings. The molecule has 0 saturated heterocycles. The van der Waals surface area contributed by atoms with E-state index in [1.807, 2.05) is 0 Å². The molecule has 0 aliphatic rings. The number of carbonyl (C=O) groups excluding carboxylic acids is 1. The molecule has 3 N–H and O–H groups in total. The Kier molecular flexibility index (Phi) is 7.42. The Morgan fingerprint density at radius 1 is 0.882 bits per heavy atom. The molecule has 0 unspecified atom stereocenters. The maximum Gasteiger partial charge on any atom is 0.261 e. The Hall–Kier alpha value is -3.64. The van der Waals surface area contributed by atoms with Crippen molar-refractivity contribution in [3.8, 4) is 5.75 Å². The fourth-order valence-electron chi connectivity index (χ4n) is 2.93. The number of ether oxygens (including phenoxy) is 1. The first-order chi connectivity index (χ1) is 16.0. The zero-order valence-corrected chi connectivity index (χ0v) is 20.3. The third-order valence-electron chi connectivity index (χ3n) is 4.48. The fraction of sp³-hybridized carbons (Fsp3) is 0.182. The highest BCUT2D eigenvalue weighted by Crippen LogP contribution is 2.25. The van der Waals surface area contributed by atoms with Gasteiger partial charge in [0.1, 0.15) is 5.75 Å². The molecule has 3 aromatic rings. The number of anilines is 2. The minimum atomic E-state index is -4.08. The normalized spacial score (nSPS) is 11.6. The van der Waals surface area contributed by atoms with E-state index in [1.165, 1.54) is 62.0 Å². The van der Waals surface area contributed by atoms with E-state index >= 15 is 0 Å². The number of methoxy groups -OCH3 is 1. The summed E-state index contributed by atoms with van der Waals surface area (Å²) in [7, 11) is -6.58. The molecule has 0 bridgehead atoms. The van der Waals surface area contributed by atoms with Crippen LogP contribution in [-0.4, -0.2) is 40.9 Å². The molecular weight excluding hydrogens is 480 g/mol. The summed E-state index contributed by atoms with van der Waals surface area (Å²) in [5.41, 5.74) is 0.510. The van der Waals surface area contributed by atoms with Crippen LogP contribution in [0, 0.1) is 0 Å². The van der Waals surface area contributed by atoms with Gasteiger partial charge in [0.25, 0.3) is 26.0 Å². The standard InChI is InChI=1S/C22H24N4O6S2/c1-15(2)24-22(27)20-13-19(10-11-21(20)32-3)34(30,31)25-16-6-8-18(9-7-16)33(28,29)26-17-5-4-12-23-14-17/h4-15,25-26H,1-3H3,(H,24,27). The number of nitrogens with zero attached hydrogens (tertiary/aromatic N) is 1. The van der Waals surface area contributed by atoms with Crippen LogP contribution in [0.3, 0.4) is 0 Å². The molecule has 0 aliphatic carbocycles. The molecule has 0 aliphatic heterocycles. The van der Waals surface area contributed by atoms with Crippen LogP contribution in [0.2, 0.25) is 0 Å². The molecule has 0 saturated carbocycles. The molecule has 1 heterocycles. The molecule has 2 aromatic carbocycles. The number of carbonyl (C=O) groups is 1. The number of benzene rings is 2. The number of sulfonamides is 2. The summed E-state index contributed by atoms with van der Waals surface area (Å²) in [6.45, 7) is 3.56. The minimum Gasteiger partial charge on any atom is -0.496 e. The number of pyridine rings is 1. The molecule has 10 nitrogen and oxygen atoms in total. The van der Waals surface area contributed by atoms with Gasteiger partial charge in [-0.25, -0.2) is 16.8 Å². The number of aromatic nitrogens is 1. The lowest BCUT2D eigenvalue weighted by molar-refractivity contribution is 0.0940. The van der Waals surface area contributed by atoms with Gasteiger partial charge in [0.2, 0.25) is 0 Å². The average Bonchev–Trinajstić information content (AvgIpc) is 2.78. The summed E-state index contributed by atoms with van der Waals surface area (Å²) in [5, 5.41) is 2.70. The molecule has 180 valence electrons. The lowest BCUT2D eigenvalue weighted by atomic mass is 10.2. The number of nitrogens with one attached hydrogen (secondary N) is 3. The Labute approximate surface area is 198 Å². The minimum absolute atomic E-state index is 0.0589. The van der Waals surface area contributed by atoms with Crippen LogP contribution >= 0.6 is 0 Å². The van der Waals surface area contributed by atoms with E-state index in [9.17, 15) is 21.6 Å². The quantitative estimate of drug-likeness (QED) is 0.406. The van der Waals surface area contributed by atoms with Crippen molar-refractivity contribution >= 4 is 37.3 Å². The number of amides is 1. The van der Waals surface area contributed by atoms with Crippen molar-refractivity contribution in [2.45, 2.75) is 29.7 Å². The van der Waals surface area contributed by atoms with Crippen LogP contribution in [0.1, 0.15) is 24.2 Å². The zero-order valence-electron chi connectivity index (χ0n) is 18.6. The second kappa shape index (κ2) is 10.1. The summed E-state index contributed by atoms with van der Waals surface area (Å²) < 4.78 is 60.8. The molecular formula is C22H24N4O6S2. The van der Waals surface area contributed by atoms with Gasteiger partial charge in [-0.3, -0.25) is 19.2 Å². The molecule has 3 rings (SSSR count). The van der Waals surface area contributed by atoms with E-state index in [0.717, 1.165) is 0 Å². The largest absolute Gasteiger partial charge is 0.496 e. The number of rotatable bonds is 9. The van der Waals surface area contributed by atoms with Crippen molar-refractivity contribution in [2.24, 2.45) is 0 Å². The maximum absolute atomic E-state index is 12.9. The van der Waals surface area contributed by atoms with Crippen molar-refractivity contribution in [3.05, 3.63) is 72.6 Å². The van der Waals surface area contributed by atoms with Crippen LogP contribution in [0.25, 0.3) is 0 Å². The third kappa shape index (κ3) is 6.02. The highest BCUT2D eigenvalue weighted by atomic mass is 32.2. The Bertz CT molecular complexity index is 1370. The van der Waals surface area contributed by atoms with Gasteiger partial charge in [-0.05, 0) is 68.4 Å². The Morgan fingerprint density at radius 2 is 1.50 bits per heavy atom. The molecule has 0 spiro atoms. The molecule has 34 heavy (non-hydrogen) atoms. The first kappa shape index (κ1) is 25.0. The molecule has 12 heteroatoms. The Balaban J connectivity index is 1.82. The molecule has 0 radical (unpaired) electrons. The first-order valence-electron chi connectivity index (χ1n) is 10.1. The zero-order chi connectivity index (χ0) is 24.9. The van der Waals surface area contributed by atoms with Crippen LogP contribution < -0.4 is 19.5 Å². The van der Waals surface area contributed by atoms with Crippen molar-refractivity contribution < 1.29 is 26.4 Å². The summed E-state index contributed by atoms with van der Waals surface area (Å²) in [4.78, 5) is 16.1. The highest BCUT2D eigenvalue weighted by Gasteiger charge is 2.21. The van der Waals surface area contributed by atoms with Crippen molar-refractivity contribution in [1.82, 2.24) is 10.3 Å². The SMILES string of the molecule is COc1ccc(S(=O)(=O)Nc2ccc(S(=O)(=O)Nc3cccnc3)cc2)cc1C(=O)NC(C)C. The van der Waals surface area contributed by atoms with Gasteiger partial charge < -0.3 is 10.1 Å². The van der Waals surface area contributed by atoms with Crippen LogP contribution in [0.4, 0.5) is 11.4 Å². The lowest BCUT2D eigenvalue weighted by Gasteiger charge is -2.14. The maximum atomic E-state index is 12.9. The van der Waals surface area contributed by atoms with Gasteiger partial charge in [0.05, 0.1) is 34.3 Å². The van der Waals surface area contributed by atoms with Crippen molar-refractivity contribution in [1.29, 1.82) is 0 Å². The van der Waals surface area contributed by atoms with E-state index in [0.29, 0.717) is 5.69 Å². The monoisotopic (exact) mass is 504 g/mol. The summed E-state index contributed by atoms with van der Waals surface area (Å²) >= 11 is 0. The summed E-state index contributed by atoms with van der Waals surface area (Å²) in [5.74, 6) is -0.243. The van der Waals surface area contributed by atoms with Gasteiger partial charge in [-0.1, -0.05) is 0 Å². The summed E-state index contributed by atoms with van der Waals surface area (Å²) in [6.07, 6.45) is 2.88. The second-order valence-corrected chi connectivity index (χ2v) is 10.8. The van der Waals surface area contributed by atoms with Gasteiger partial charge in [0, 0.05) is 17.9 Å². The predicted octanol–water partition coefficient (Wildman–Crippen LogP) is 2.83. The van der Waals surface area contributed by atoms with Crippen LogP contribution in [0.5, 0.6) is 5.75 Å². The number of hydrogen-bond acceptors (Lipinski definition) is 7. The van der Waals surface area contributed by atoms with Crippen molar-refractivity contribution in [2.75, 3.05) is 16.6 Å². The topological polar surface area (TPSA) is 144 Å². The predicted molar refractivity (Wildman–Crippen MR) is 128 cm³/mol. The van der Waals surface area contributed by atoms with E-state index in [4.69, 9.17) is 4.74 Å². The molecule has 1 aromatic heterocycles. The van der Waals surface area contributed by atoms with Crippen LogP contribution in [0.15, 0.2) is 76.8 Å². The van der Waals surface area contributed by atoms with Crippen LogP contribution in [-0.2, 0) is 20.0 Å². The van der Waals surface area contributed by atoms with E-state index in [2.05, 4.69) is 19.7 Å². The van der Waals surface area contributed by atoms with Gasteiger partial charge >= 0.3 is 0 Å². The summed E-state index contributed by atoms with van der Waals surface area (Å²) in [6, 6.07) is 12.1.